The van der Waals surface area contributed by atoms with Gasteiger partial charge in [0.05, 0.1) is 10.4 Å². The molecule has 3 rings (SSSR count). The number of nitrogens with one attached hydrogen (secondary N) is 1. The number of aryl methyl sites for hydroxylation is 2. The van der Waals surface area contributed by atoms with Crippen molar-refractivity contribution < 1.29 is 0 Å². The van der Waals surface area contributed by atoms with E-state index in [0.29, 0.717) is 0 Å². The Hall–Kier alpha value is -0.390. The minimum Gasteiger partial charge on any atom is -0.271 e. The molecule has 1 unspecified atom stereocenters. The Balaban J connectivity index is 1.79. The Kier molecular flexibility index (Phi) is 3.73. The van der Waals surface area contributed by atoms with Crippen LogP contribution < -0.4 is 11.3 Å². The smallest absolute Gasteiger partial charge is 0.0931 e. The van der Waals surface area contributed by atoms with E-state index in [1.165, 1.54) is 34.6 Å². The van der Waals surface area contributed by atoms with Crippen LogP contribution in [0.3, 0.4) is 0 Å². The molecular formula is C13H15ClN2S2. The van der Waals surface area contributed by atoms with Gasteiger partial charge in [-0.1, -0.05) is 11.6 Å². The summed E-state index contributed by atoms with van der Waals surface area (Å²) in [6.07, 6.45) is 4.69. The maximum absolute atomic E-state index is 5.96. The van der Waals surface area contributed by atoms with E-state index in [1.807, 2.05) is 17.4 Å². The van der Waals surface area contributed by atoms with Gasteiger partial charge in [0.2, 0.25) is 0 Å². The van der Waals surface area contributed by atoms with E-state index in [9.17, 15) is 0 Å². The monoisotopic (exact) mass is 298 g/mol. The second-order valence-electron chi connectivity index (χ2n) is 4.58. The van der Waals surface area contributed by atoms with Crippen LogP contribution in [0.2, 0.25) is 4.34 Å². The molecule has 1 aliphatic rings. The third kappa shape index (κ3) is 2.49. The number of hydrazine groups is 1. The van der Waals surface area contributed by atoms with Crippen LogP contribution in [-0.4, -0.2) is 0 Å². The van der Waals surface area contributed by atoms with Crippen LogP contribution in [0.25, 0.3) is 0 Å². The first kappa shape index (κ1) is 12.6. The fraction of sp³-hybridized carbons (Fsp3) is 0.385. The van der Waals surface area contributed by atoms with E-state index in [4.69, 9.17) is 17.4 Å². The Labute approximate surface area is 120 Å². The lowest BCUT2D eigenvalue weighted by Gasteiger charge is -2.13. The van der Waals surface area contributed by atoms with Crippen molar-refractivity contribution in [3.63, 3.8) is 0 Å². The largest absolute Gasteiger partial charge is 0.271 e. The molecule has 2 aromatic heterocycles. The van der Waals surface area contributed by atoms with Gasteiger partial charge in [0.25, 0.3) is 0 Å². The summed E-state index contributed by atoms with van der Waals surface area (Å²) >= 11 is 9.50. The number of nitrogens with two attached hydrogens (primary N) is 1. The first-order chi connectivity index (χ1) is 8.76. The molecule has 0 bridgehead atoms. The highest BCUT2D eigenvalue weighted by atomic mass is 35.5. The zero-order valence-electron chi connectivity index (χ0n) is 9.91. The van der Waals surface area contributed by atoms with Gasteiger partial charge >= 0.3 is 0 Å². The molecule has 96 valence electrons. The molecule has 3 N–H and O–H groups in total. The maximum Gasteiger partial charge on any atom is 0.0931 e. The third-order valence-corrected chi connectivity index (χ3v) is 5.95. The minimum absolute atomic E-state index is 0.204. The van der Waals surface area contributed by atoms with Crippen molar-refractivity contribution >= 4 is 34.3 Å². The molecular weight excluding hydrogens is 284 g/mol. The summed E-state index contributed by atoms with van der Waals surface area (Å²) in [5.74, 6) is 5.71. The summed E-state index contributed by atoms with van der Waals surface area (Å²) < 4.78 is 0.842. The zero-order valence-corrected chi connectivity index (χ0v) is 12.3. The van der Waals surface area contributed by atoms with Crippen LogP contribution in [0.5, 0.6) is 0 Å². The summed E-state index contributed by atoms with van der Waals surface area (Å²) in [5.41, 5.74) is 4.47. The molecule has 18 heavy (non-hydrogen) atoms. The summed E-state index contributed by atoms with van der Waals surface area (Å²) in [4.78, 5) is 4.18. The second-order valence-corrected chi connectivity index (χ2v) is 7.55. The van der Waals surface area contributed by atoms with Crippen molar-refractivity contribution in [2.45, 2.75) is 31.7 Å². The number of halogens is 1. The van der Waals surface area contributed by atoms with Gasteiger partial charge in [0.15, 0.2) is 0 Å². The first-order valence-corrected chi connectivity index (χ1v) is 8.09. The van der Waals surface area contributed by atoms with Crippen molar-refractivity contribution in [2.24, 2.45) is 5.84 Å². The molecule has 2 nitrogen and oxygen atoms in total. The zero-order chi connectivity index (χ0) is 12.5. The summed E-state index contributed by atoms with van der Waals surface area (Å²) in [5, 5.41) is 0. The topological polar surface area (TPSA) is 38.0 Å². The molecule has 2 aromatic rings. The van der Waals surface area contributed by atoms with E-state index in [1.54, 1.807) is 16.2 Å². The molecule has 0 saturated heterocycles. The normalized spacial score (nSPS) is 15.9. The van der Waals surface area contributed by atoms with Gasteiger partial charge in [0.1, 0.15) is 0 Å². The van der Waals surface area contributed by atoms with Crippen LogP contribution >= 0.6 is 34.3 Å². The molecule has 0 amide bonds. The van der Waals surface area contributed by atoms with Gasteiger partial charge in [-0.2, -0.15) is 0 Å². The standard InChI is InChI=1S/C13H15ClN2S2/c14-13-5-4-9(17-13)7-10(16-15)12-6-8-2-1-3-11(8)18-12/h4-6,10,16H,1-3,7,15H2. The number of fused-ring (bicyclic) bond motifs is 1. The number of hydrogen-bond acceptors (Lipinski definition) is 4. The number of thiophene rings is 2. The fourth-order valence-electron chi connectivity index (χ4n) is 2.43. The second kappa shape index (κ2) is 5.31. The Morgan fingerprint density at radius 1 is 1.33 bits per heavy atom. The highest BCUT2D eigenvalue weighted by molar-refractivity contribution is 7.16. The van der Waals surface area contributed by atoms with E-state index in [0.717, 1.165) is 10.8 Å². The fourth-order valence-corrected chi connectivity index (χ4v) is 4.88. The van der Waals surface area contributed by atoms with E-state index >= 15 is 0 Å². The van der Waals surface area contributed by atoms with E-state index in [-0.39, 0.29) is 6.04 Å². The third-order valence-electron chi connectivity index (χ3n) is 3.34. The predicted octanol–water partition coefficient (Wildman–Crippen LogP) is 3.70. The summed E-state index contributed by atoms with van der Waals surface area (Å²) in [7, 11) is 0. The van der Waals surface area contributed by atoms with Gasteiger partial charge in [-0.25, -0.2) is 0 Å². The van der Waals surface area contributed by atoms with Gasteiger partial charge in [-0.3, -0.25) is 11.3 Å². The van der Waals surface area contributed by atoms with Gasteiger partial charge in [-0.05, 0) is 43.0 Å². The maximum atomic E-state index is 5.96. The Morgan fingerprint density at radius 3 is 2.89 bits per heavy atom. The highest BCUT2D eigenvalue weighted by Gasteiger charge is 2.20. The molecule has 0 aliphatic heterocycles. The van der Waals surface area contributed by atoms with Crippen molar-refractivity contribution in [3.8, 4) is 0 Å². The molecule has 0 radical (unpaired) electrons. The molecule has 1 atom stereocenters. The van der Waals surface area contributed by atoms with Crippen molar-refractivity contribution in [3.05, 3.63) is 42.7 Å². The van der Waals surface area contributed by atoms with Crippen molar-refractivity contribution in [1.29, 1.82) is 0 Å². The van der Waals surface area contributed by atoms with Crippen LogP contribution in [0.1, 0.15) is 32.7 Å². The Bertz CT molecular complexity index is 525. The van der Waals surface area contributed by atoms with Crippen LogP contribution in [0.15, 0.2) is 18.2 Å². The van der Waals surface area contributed by atoms with Crippen LogP contribution in [0, 0.1) is 0 Å². The molecule has 2 heterocycles. The average Bonchev–Trinajstić information content (AvgIpc) is 3.00. The molecule has 1 aliphatic carbocycles. The van der Waals surface area contributed by atoms with Crippen molar-refractivity contribution in [2.75, 3.05) is 0 Å². The summed E-state index contributed by atoms with van der Waals surface area (Å²) in [6.45, 7) is 0. The number of hydrogen-bond donors (Lipinski definition) is 2. The van der Waals surface area contributed by atoms with Crippen LogP contribution in [-0.2, 0) is 19.3 Å². The highest BCUT2D eigenvalue weighted by Crippen LogP contribution is 2.35. The lowest BCUT2D eigenvalue weighted by atomic mass is 10.1. The molecule has 5 heteroatoms. The lowest BCUT2D eigenvalue weighted by molar-refractivity contribution is 0.564. The van der Waals surface area contributed by atoms with Gasteiger partial charge < -0.3 is 0 Å². The molecule has 0 spiro atoms. The molecule has 0 fully saturated rings. The van der Waals surface area contributed by atoms with Crippen molar-refractivity contribution in [1.82, 2.24) is 5.43 Å². The van der Waals surface area contributed by atoms with E-state index in [2.05, 4.69) is 17.6 Å². The molecule has 0 saturated carbocycles. The number of rotatable bonds is 4. The SMILES string of the molecule is NNC(Cc1ccc(Cl)s1)c1cc2c(s1)CCC2. The van der Waals surface area contributed by atoms with E-state index < -0.39 is 0 Å². The predicted molar refractivity (Wildman–Crippen MR) is 79.4 cm³/mol. The molecule has 0 aromatic carbocycles. The first-order valence-electron chi connectivity index (χ1n) is 6.08. The average molecular weight is 299 g/mol. The minimum atomic E-state index is 0.204. The summed E-state index contributed by atoms with van der Waals surface area (Å²) in [6, 6.07) is 6.56. The lowest BCUT2D eigenvalue weighted by Crippen LogP contribution is -2.28. The van der Waals surface area contributed by atoms with Gasteiger partial charge in [0, 0.05) is 21.1 Å². The van der Waals surface area contributed by atoms with Gasteiger partial charge in [-0.15, -0.1) is 22.7 Å². The van der Waals surface area contributed by atoms with Crippen LogP contribution in [0.4, 0.5) is 0 Å². The quantitative estimate of drug-likeness (QED) is 0.667. The Morgan fingerprint density at radius 2 is 2.22 bits per heavy atom.